The Labute approximate surface area is 126 Å². The van der Waals surface area contributed by atoms with Gasteiger partial charge >= 0.3 is 0 Å². The van der Waals surface area contributed by atoms with Gasteiger partial charge in [-0.15, -0.1) is 0 Å². The van der Waals surface area contributed by atoms with E-state index in [1.165, 1.54) is 0 Å². The Hall–Kier alpha value is -1.26. The van der Waals surface area contributed by atoms with Gasteiger partial charge in [-0.05, 0) is 11.6 Å². The number of anilines is 1. The summed E-state index contributed by atoms with van der Waals surface area (Å²) in [6, 6.07) is 6.22. The molecule has 0 heterocycles. The standard InChI is InChI=1S/C15H24ClN3O/c1-11(2)17-9-12-7-6-8-13(16)15(12)19(5)10-14(20)18(3)4/h6-8,11,17H,9-10H2,1-5H3. The minimum absolute atomic E-state index is 0.0511. The zero-order valence-electron chi connectivity index (χ0n) is 12.9. The third-order valence-corrected chi connectivity index (χ3v) is 3.33. The number of rotatable bonds is 6. The quantitative estimate of drug-likeness (QED) is 0.875. The maximum Gasteiger partial charge on any atom is 0.241 e. The van der Waals surface area contributed by atoms with Crippen LogP contribution >= 0.6 is 11.6 Å². The van der Waals surface area contributed by atoms with Crippen molar-refractivity contribution < 1.29 is 4.79 Å². The highest BCUT2D eigenvalue weighted by Crippen LogP contribution is 2.29. The van der Waals surface area contributed by atoms with Crippen LogP contribution in [-0.4, -0.2) is 44.5 Å². The molecule has 0 saturated heterocycles. The number of carbonyl (C=O) groups is 1. The van der Waals surface area contributed by atoms with E-state index in [-0.39, 0.29) is 5.91 Å². The first-order valence-electron chi connectivity index (χ1n) is 6.75. The molecule has 0 atom stereocenters. The van der Waals surface area contributed by atoms with Crippen molar-refractivity contribution in [3.63, 3.8) is 0 Å². The lowest BCUT2D eigenvalue weighted by molar-refractivity contribution is -0.127. The molecule has 1 N–H and O–H groups in total. The van der Waals surface area contributed by atoms with Gasteiger partial charge in [-0.2, -0.15) is 0 Å². The number of carbonyl (C=O) groups excluding carboxylic acids is 1. The minimum atomic E-state index is 0.0511. The fourth-order valence-corrected chi connectivity index (χ4v) is 2.21. The molecule has 0 fully saturated rings. The first kappa shape index (κ1) is 16.8. The summed E-state index contributed by atoms with van der Waals surface area (Å²) >= 11 is 6.31. The largest absolute Gasteiger partial charge is 0.364 e. The summed E-state index contributed by atoms with van der Waals surface area (Å²) in [5.41, 5.74) is 2.01. The lowest BCUT2D eigenvalue weighted by Gasteiger charge is -2.25. The molecule has 1 rings (SSSR count). The zero-order valence-corrected chi connectivity index (χ0v) is 13.7. The van der Waals surface area contributed by atoms with E-state index in [0.717, 1.165) is 17.8 Å². The van der Waals surface area contributed by atoms with Gasteiger partial charge in [0.15, 0.2) is 0 Å². The molecule has 0 aliphatic heterocycles. The van der Waals surface area contributed by atoms with Crippen molar-refractivity contribution >= 4 is 23.2 Å². The summed E-state index contributed by atoms with van der Waals surface area (Å²) in [5, 5.41) is 4.05. The van der Waals surface area contributed by atoms with Crippen LogP contribution in [0.25, 0.3) is 0 Å². The van der Waals surface area contributed by atoms with Crippen molar-refractivity contribution in [2.45, 2.75) is 26.4 Å². The predicted octanol–water partition coefficient (Wildman–Crippen LogP) is 2.36. The van der Waals surface area contributed by atoms with Gasteiger partial charge in [0.1, 0.15) is 0 Å². The van der Waals surface area contributed by atoms with Crippen molar-refractivity contribution in [2.75, 3.05) is 32.6 Å². The first-order valence-corrected chi connectivity index (χ1v) is 7.12. The molecule has 1 aromatic rings. The average Bonchev–Trinajstić information content (AvgIpc) is 2.35. The minimum Gasteiger partial charge on any atom is -0.364 e. The Bertz CT molecular complexity index is 460. The monoisotopic (exact) mass is 297 g/mol. The van der Waals surface area contributed by atoms with E-state index in [2.05, 4.69) is 19.2 Å². The highest BCUT2D eigenvalue weighted by Gasteiger charge is 2.15. The van der Waals surface area contributed by atoms with E-state index in [9.17, 15) is 4.79 Å². The molecule has 1 amide bonds. The molecule has 4 nitrogen and oxygen atoms in total. The predicted molar refractivity (Wildman–Crippen MR) is 85.4 cm³/mol. The van der Waals surface area contributed by atoms with Crippen molar-refractivity contribution in [1.82, 2.24) is 10.2 Å². The zero-order chi connectivity index (χ0) is 15.3. The lowest BCUT2D eigenvalue weighted by atomic mass is 10.1. The molecular formula is C15H24ClN3O. The van der Waals surface area contributed by atoms with Crippen LogP contribution in [-0.2, 0) is 11.3 Å². The molecule has 5 heteroatoms. The van der Waals surface area contributed by atoms with Crippen LogP contribution in [0.15, 0.2) is 18.2 Å². The number of hydrogen-bond acceptors (Lipinski definition) is 3. The van der Waals surface area contributed by atoms with E-state index in [1.807, 2.05) is 30.1 Å². The number of halogens is 1. The summed E-state index contributed by atoms with van der Waals surface area (Å²) < 4.78 is 0. The Morgan fingerprint density at radius 1 is 1.30 bits per heavy atom. The SMILES string of the molecule is CC(C)NCc1cccc(Cl)c1N(C)CC(=O)N(C)C. The second-order valence-electron chi connectivity index (χ2n) is 5.43. The lowest BCUT2D eigenvalue weighted by Crippen LogP contribution is -2.35. The number of amides is 1. The molecule has 0 spiro atoms. The third kappa shape index (κ3) is 4.69. The smallest absolute Gasteiger partial charge is 0.241 e. The van der Waals surface area contributed by atoms with Crippen LogP contribution in [0.1, 0.15) is 19.4 Å². The summed E-state index contributed by atoms with van der Waals surface area (Å²) in [5.74, 6) is 0.0511. The van der Waals surface area contributed by atoms with E-state index >= 15 is 0 Å². The van der Waals surface area contributed by atoms with Gasteiger partial charge in [-0.25, -0.2) is 0 Å². The van der Waals surface area contributed by atoms with E-state index in [4.69, 9.17) is 11.6 Å². The molecule has 112 valence electrons. The molecule has 1 aromatic carbocycles. The molecule has 20 heavy (non-hydrogen) atoms. The average molecular weight is 298 g/mol. The van der Waals surface area contributed by atoms with Crippen LogP contribution in [0.4, 0.5) is 5.69 Å². The second-order valence-corrected chi connectivity index (χ2v) is 5.83. The van der Waals surface area contributed by atoms with Gasteiger partial charge in [0, 0.05) is 33.7 Å². The van der Waals surface area contributed by atoms with Crippen LogP contribution in [0, 0.1) is 0 Å². The molecule has 0 saturated carbocycles. The van der Waals surface area contributed by atoms with Gasteiger partial charge in [0.25, 0.3) is 0 Å². The molecule has 0 unspecified atom stereocenters. The van der Waals surface area contributed by atoms with Gasteiger partial charge in [-0.1, -0.05) is 37.6 Å². The molecule has 0 aromatic heterocycles. The van der Waals surface area contributed by atoms with Crippen molar-refractivity contribution in [2.24, 2.45) is 0 Å². The maximum absolute atomic E-state index is 11.8. The summed E-state index contributed by atoms with van der Waals surface area (Å²) in [6.07, 6.45) is 0. The van der Waals surface area contributed by atoms with Crippen molar-refractivity contribution in [1.29, 1.82) is 0 Å². The van der Waals surface area contributed by atoms with Gasteiger partial charge in [-0.3, -0.25) is 4.79 Å². The topological polar surface area (TPSA) is 35.6 Å². The molecule has 0 aliphatic carbocycles. The summed E-state index contributed by atoms with van der Waals surface area (Å²) in [4.78, 5) is 15.3. The van der Waals surface area contributed by atoms with E-state index in [1.54, 1.807) is 19.0 Å². The summed E-state index contributed by atoms with van der Waals surface area (Å²) in [7, 11) is 5.40. The Kier molecular flexibility index (Phi) is 6.30. The summed E-state index contributed by atoms with van der Waals surface area (Å²) in [6.45, 7) is 5.24. The highest BCUT2D eigenvalue weighted by molar-refractivity contribution is 6.33. The number of likely N-dealkylation sites (N-methyl/N-ethyl adjacent to an activating group) is 2. The maximum atomic E-state index is 11.8. The number of hydrogen-bond donors (Lipinski definition) is 1. The normalized spacial score (nSPS) is 10.8. The molecule has 0 aliphatic rings. The van der Waals surface area contributed by atoms with Crippen LogP contribution < -0.4 is 10.2 Å². The van der Waals surface area contributed by atoms with Crippen molar-refractivity contribution in [3.05, 3.63) is 28.8 Å². The Balaban J connectivity index is 2.93. The third-order valence-electron chi connectivity index (χ3n) is 3.02. The first-order chi connectivity index (χ1) is 9.32. The van der Waals surface area contributed by atoms with Gasteiger partial charge in [0.05, 0.1) is 17.3 Å². The fourth-order valence-electron chi connectivity index (χ4n) is 1.87. The van der Waals surface area contributed by atoms with Crippen molar-refractivity contribution in [3.8, 4) is 0 Å². The number of benzene rings is 1. The fraction of sp³-hybridized carbons (Fsp3) is 0.533. The van der Waals surface area contributed by atoms with Crippen LogP contribution in [0.5, 0.6) is 0 Å². The van der Waals surface area contributed by atoms with Crippen LogP contribution in [0.2, 0.25) is 5.02 Å². The molecule has 0 bridgehead atoms. The number of nitrogens with one attached hydrogen (secondary N) is 1. The highest BCUT2D eigenvalue weighted by atomic mass is 35.5. The Morgan fingerprint density at radius 2 is 1.95 bits per heavy atom. The number of para-hydroxylation sites is 1. The molecule has 0 radical (unpaired) electrons. The van der Waals surface area contributed by atoms with E-state index < -0.39 is 0 Å². The second kappa shape index (κ2) is 7.50. The Morgan fingerprint density at radius 3 is 2.50 bits per heavy atom. The van der Waals surface area contributed by atoms with Gasteiger partial charge in [0.2, 0.25) is 5.91 Å². The number of nitrogens with zero attached hydrogens (tertiary/aromatic N) is 2. The van der Waals surface area contributed by atoms with E-state index in [0.29, 0.717) is 17.6 Å². The van der Waals surface area contributed by atoms with Crippen LogP contribution in [0.3, 0.4) is 0 Å². The van der Waals surface area contributed by atoms with Gasteiger partial charge < -0.3 is 15.1 Å². The molecular weight excluding hydrogens is 274 g/mol.